The third-order valence-electron chi connectivity index (χ3n) is 5.70. The molecule has 0 bridgehead atoms. The van der Waals surface area contributed by atoms with Crippen LogP contribution >= 0.6 is 0 Å². The van der Waals surface area contributed by atoms with Gasteiger partial charge in [-0.25, -0.2) is 0 Å². The van der Waals surface area contributed by atoms with Gasteiger partial charge < -0.3 is 5.32 Å². The molecule has 1 N–H and O–H groups in total. The summed E-state index contributed by atoms with van der Waals surface area (Å²) in [4.78, 5) is 2.85. The zero-order valence-electron chi connectivity index (χ0n) is 14.3. The van der Waals surface area contributed by atoms with E-state index in [1.54, 1.807) is 0 Å². The molecule has 0 aromatic heterocycles. The van der Waals surface area contributed by atoms with E-state index in [4.69, 9.17) is 0 Å². The maximum Gasteiger partial charge on any atom is 0.0252 e. The number of hydrogen-bond donors (Lipinski definition) is 1. The summed E-state index contributed by atoms with van der Waals surface area (Å²) in [5.74, 6) is 1.83. The zero-order chi connectivity index (χ0) is 14.6. The first-order valence-corrected chi connectivity index (χ1v) is 9.04. The molecular weight excluding hydrogens is 244 g/mol. The summed E-state index contributed by atoms with van der Waals surface area (Å²) in [5.41, 5.74) is 0.289. The molecule has 1 heterocycles. The molecule has 1 atom stereocenters. The molecule has 1 saturated carbocycles. The highest BCUT2D eigenvalue weighted by atomic mass is 15.3. The number of hydrogen-bond acceptors (Lipinski definition) is 2. The van der Waals surface area contributed by atoms with Crippen LogP contribution in [0.5, 0.6) is 0 Å². The maximum atomic E-state index is 3.80. The van der Waals surface area contributed by atoms with E-state index in [1.165, 1.54) is 64.6 Å². The van der Waals surface area contributed by atoms with Gasteiger partial charge >= 0.3 is 0 Å². The van der Waals surface area contributed by atoms with Crippen molar-refractivity contribution in [2.24, 2.45) is 11.8 Å². The van der Waals surface area contributed by atoms with Crippen molar-refractivity contribution < 1.29 is 0 Å². The van der Waals surface area contributed by atoms with Gasteiger partial charge in [-0.3, -0.25) is 4.90 Å². The zero-order valence-corrected chi connectivity index (χ0v) is 14.3. The number of nitrogens with one attached hydrogen (secondary N) is 1. The van der Waals surface area contributed by atoms with Crippen LogP contribution in [-0.2, 0) is 0 Å². The first-order chi connectivity index (χ1) is 9.55. The van der Waals surface area contributed by atoms with Crippen LogP contribution in [0.2, 0.25) is 0 Å². The molecule has 118 valence electrons. The van der Waals surface area contributed by atoms with E-state index in [2.05, 4.69) is 37.9 Å². The summed E-state index contributed by atoms with van der Waals surface area (Å²) in [6.07, 6.45) is 9.98. The first kappa shape index (κ1) is 16.3. The molecule has 0 radical (unpaired) electrons. The Bertz CT molecular complexity index is 277. The highest BCUT2D eigenvalue weighted by Gasteiger charge is 2.37. The van der Waals surface area contributed by atoms with E-state index in [0.29, 0.717) is 0 Å². The number of nitrogens with zero attached hydrogens (tertiary/aromatic N) is 1. The molecule has 2 rings (SSSR count). The normalized spacial score (nSPS) is 28.9. The molecule has 1 unspecified atom stereocenters. The van der Waals surface area contributed by atoms with Gasteiger partial charge in [-0.2, -0.15) is 0 Å². The first-order valence-electron chi connectivity index (χ1n) is 9.04. The Morgan fingerprint density at radius 3 is 2.35 bits per heavy atom. The maximum absolute atomic E-state index is 3.80. The quantitative estimate of drug-likeness (QED) is 0.817. The van der Waals surface area contributed by atoms with Crippen LogP contribution in [0.15, 0.2) is 0 Å². The van der Waals surface area contributed by atoms with Gasteiger partial charge in [-0.15, -0.1) is 0 Å². The molecule has 2 heteroatoms. The van der Waals surface area contributed by atoms with Gasteiger partial charge in [-0.1, -0.05) is 46.0 Å². The lowest BCUT2D eigenvalue weighted by atomic mass is 9.80. The Hall–Kier alpha value is -0.0800. The van der Waals surface area contributed by atoms with Crippen LogP contribution in [-0.4, -0.2) is 36.1 Å². The Morgan fingerprint density at radius 2 is 1.75 bits per heavy atom. The molecule has 1 aliphatic heterocycles. The van der Waals surface area contributed by atoms with E-state index >= 15 is 0 Å². The van der Waals surface area contributed by atoms with Crippen LogP contribution in [0.4, 0.5) is 0 Å². The second-order valence-corrected chi connectivity index (χ2v) is 7.84. The monoisotopic (exact) mass is 280 g/mol. The van der Waals surface area contributed by atoms with Gasteiger partial charge in [0.1, 0.15) is 0 Å². The molecule has 0 spiro atoms. The van der Waals surface area contributed by atoms with Crippen LogP contribution in [0.25, 0.3) is 0 Å². The third-order valence-corrected chi connectivity index (χ3v) is 5.70. The Labute approximate surface area is 126 Å². The summed E-state index contributed by atoms with van der Waals surface area (Å²) < 4.78 is 0. The smallest absolute Gasteiger partial charge is 0.0252 e. The summed E-state index contributed by atoms with van der Waals surface area (Å²) in [6.45, 7) is 13.2. The predicted octanol–water partition coefficient (Wildman–Crippen LogP) is 4.06. The van der Waals surface area contributed by atoms with Crippen molar-refractivity contribution in [1.29, 1.82) is 0 Å². The molecule has 20 heavy (non-hydrogen) atoms. The molecule has 1 saturated heterocycles. The number of piperazine rings is 1. The van der Waals surface area contributed by atoms with E-state index in [0.717, 1.165) is 17.9 Å². The van der Waals surface area contributed by atoms with E-state index in [9.17, 15) is 0 Å². The van der Waals surface area contributed by atoms with Crippen LogP contribution in [0.1, 0.15) is 72.6 Å². The Kier molecular flexibility index (Phi) is 5.92. The molecule has 0 aromatic rings. The van der Waals surface area contributed by atoms with Crippen molar-refractivity contribution in [3.63, 3.8) is 0 Å². The summed E-state index contributed by atoms with van der Waals surface area (Å²) in [7, 11) is 0. The second kappa shape index (κ2) is 7.26. The van der Waals surface area contributed by atoms with Crippen molar-refractivity contribution >= 4 is 0 Å². The summed E-state index contributed by atoms with van der Waals surface area (Å²) in [6, 6.07) is 0.795. The fraction of sp³-hybridized carbons (Fsp3) is 1.00. The minimum Gasteiger partial charge on any atom is -0.309 e. The van der Waals surface area contributed by atoms with E-state index in [-0.39, 0.29) is 5.54 Å². The Morgan fingerprint density at radius 1 is 1.10 bits per heavy atom. The largest absolute Gasteiger partial charge is 0.309 e. The average molecular weight is 281 g/mol. The highest BCUT2D eigenvalue weighted by Crippen LogP contribution is 2.32. The lowest BCUT2D eigenvalue weighted by molar-refractivity contribution is 0.0350. The van der Waals surface area contributed by atoms with Crippen molar-refractivity contribution in [2.45, 2.75) is 84.2 Å². The topological polar surface area (TPSA) is 15.3 Å². The van der Waals surface area contributed by atoms with Crippen LogP contribution in [0.3, 0.4) is 0 Å². The standard InChI is InChI=1S/C18H36N2/c1-5-15(6-2)13-20-14-18(3,4)19-12-17(20)16-10-8-7-9-11-16/h15-17,19H,5-14H2,1-4H3. The fourth-order valence-corrected chi connectivity index (χ4v) is 4.25. The molecule has 2 aliphatic rings. The minimum atomic E-state index is 0.289. The molecule has 0 amide bonds. The minimum absolute atomic E-state index is 0.289. The van der Waals surface area contributed by atoms with Crippen LogP contribution < -0.4 is 5.32 Å². The molecular formula is C18H36N2. The average Bonchev–Trinajstić information content (AvgIpc) is 2.45. The van der Waals surface area contributed by atoms with Crippen molar-refractivity contribution in [3.05, 3.63) is 0 Å². The van der Waals surface area contributed by atoms with Crippen molar-refractivity contribution in [3.8, 4) is 0 Å². The van der Waals surface area contributed by atoms with Crippen molar-refractivity contribution in [1.82, 2.24) is 10.2 Å². The Balaban J connectivity index is 2.02. The summed E-state index contributed by atoms with van der Waals surface area (Å²) >= 11 is 0. The fourth-order valence-electron chi connectivity index (χ4n) is 4.25. The lowest BCUT2D eigenvalue weighted by Crippen LogP contribution is -2.64. The van der Waals surface area contributed by atoms with Gasteiger partial charge in [0.05, 0.1) is 0 Å². The number of rotatable bonds is 5. The lowest BCUT2D eigenvalue weighted by Gasteiger charge is -2.49. The molecule has 0 aromatic carbocycles. The second-order valence-electron chi connectivity index (χ2n) is 7.84. The third kappa shape index (κ3) is 4.21. The van der Waals surface area contributed by atoms with Crippen LogP contribution in [0, 0.1) is 11.8 Å². The molecule has 1 aliphatic carbocycles. The molecule has 2 fully saturated rings. The summed E-state index contributed by atoms with van der Waals surface area (Å²) in [5, 5.41) is 3.80. The van der Waals surface area contributed by atoms with Gasteiger partial charge in [0.2, 0.25) is 0 Å². The van der Waals surface area contributed by atoms with E-state index < -0.39 is 0 Å². The van der Waals surface area contributed by atoms with Gasteiger partial charge in [0.15, 0.2) is 0 Å². The van der Waals surface area contributed by atoms with E-state index in [1.807, 2.05) is 0 Å². The predicted molar refractivity (Wildman–Crippen MR) is 88.1 cm³/mol. The van der Waals surface area contributed by atoms with Gasteiger partial charge in [0.25, 0.3) is 0 Å². The SMILES string of the molecule is CCC(CC)CN1CC(C)(C)NCC1C1CCCCC1. The van der Waals surface area contributed by atoms with Crippen molar-refractivity contribution in [2.75, 3.05) is 19.6 Å². The highest BCUT2D eigenvalue weighted by molar-refractivity contribution is 4.95. The van der Waals surface area contributed by atoms with Gasteiger partial charge in [-0.05, 0) is 38.5 Å². The van der Waals surface area contributed by atoms with Gasteiger partial charge in [0, 0.05) is 31.2 Å². The molecule has 2 nitrogen and oxygen atoms in total.